The lowest BCUT2D eigenvalue weighted by Crippen LogP contribution is -2.54. The number of amides is 5. The number of β-amino-alcohol motifs (C(OH)–C–C–N with tert-alkyl or cyclic N) is 1. The van der Waals surface area contributed by atoms with Crippen molar-refractivity contribution in [3.8, 4) is 5.75 Å². The van der Waals surface area contributed by atoms with E-state index in [9.17, 15) is 29.1 Å². The number of rotatable bonds is 10. The molecule has 304 valence electrons. The molecule has 3 aromatic heterocycles. The third-order valence-corrected chi connectivity index (χ3v) is 12.5. The van der Waals surface area contributed by atoms with Gasteiger partial charge in [-0.05, 0) is 81.2 Å². The molecule has 4 fully saturated rings. The van der Waals surface area contributed by atoms with E-state index >= 15 is 0 Å². The highest BCUT2D eigenvalue weighted by atomic mass is 16.5. The molecule has 5 amide bonds. The first-order valence-electron chi connectivity index (χ1n) is 20.4. The second kappa shape index (κ2) is 14.6. The molecule has 3 N–H and O–H groups in total. The predicted octanol–water partition coefficient (Wildman–Crippen LogP) is 3.19. The maximum absolute atomic E-state index is 13.4. The van der Waals surface area contributed by atoms with Gasteiger partial charge in [0.2, 0.25) is 11.8 Å². The predicted molar refractivity (Wildman–Crippen MR) is 213 cm³/mol. The van der Waals surface area contributed by atoms with Gasteiger partial charge < -0.3 is 25.0 Å². The van der Waals surface area contributed by atoms with Crippen molar-refractivity contribution in [2.45, 2.75) is 69.1 Å². The number of nitrogens with zero attached hydrogens (tertiary/aromatic N) is 8. The first-order chi connectivity index (χ1) is 28.6. The fourth-order valence-electron chi connectivity index (χ4n) is 8.90. The Hall–Kier alpha value is -6.20. The summed E-state index contributed by atoms with van der Waals surface area (Å²) in [6.45, 7) is 3.91. The van der Waals surface area contributed by atoms with Crippen LogP contribution in [0.15, 0.2) is 61.2 Å². The van der Waals surface area contributed by atoms with Gasteiger partial charge in [-0.15, -0.1) is 0 Å². The van der Waals surface area contributed by atoms with E-state index in [4.69, 9.17) is 9.84 Å². The molecule has 3 saturated heterocycles. The Morgan fingerprint density at radius 2 is 1.76 bits per heavy atom. The van der Waals surface area contributed by atoms with Crippen LogP contribution in [-0.4, -0.2) is 120 Å². The van der Waals surface area contributed by atoms with Crippen LogP contribution in [-0.2, 0) is 9.59 Å². The van der Waals surface area contributed by atoms with Crippen LogP contribution in [0.1, 0.15) is 88.5 Å². The summed E-state index contributed by atoms with van der Waals surface area (Å²) in [5, 5.41) is 27.1. The minimum Gasteiger partial charge on any atom is -0.491 e. The Balaban J connectivity index is 0.761. The van der Waals surface area contributed by atoms with Crippen LogP contribution in [0.4, 0.5) is 11.4 Å². The molecule has 17 heteroatoms. The van der Waals surface area contributed by atoms with Gasteiger partial charge in [0.1, 0.15) is 17.4 Å². The molecule has 10 rings (SSSR count). The number of aliphatic hydroxyl groups is 1. The van der Waals surface area contributed by atoms with Crippen LogP contribution in [0, 0.1) is 5.92 Å². The van der Waals surface area contributed by atoms with Crippen LogP contribution < -0.4 is 20.3 Å². The van der Waals surface area contributed by atoms with E-state index in [0.29, 0.717) is 67.6 Å². The third-order valence-electron chi connectivity index (χ3n) is 12.5. The minimum absolute atomic E-state index is 0.0677. The van der Waals surface area contributed by atoms with Crippen molar-refractivity contribution in [3.05, 3.63) is 77.9 Å². The Bertz CT molecular complexity index is 2530. The molecule has 0 bridgehead atoms. The summed E-state index contributed by atoms with van der Waals surface area (Å²) < 4.78 is 9.82. The van der Waals surface area contributed by atoms with Gasteiger partial charge in [-0.2, -0.15) is 10.2 Å². The molecular weight excluding hydrogens is 757 g/mol. The van der Waals surface area contributed by atoms with Gasteiger partial charge >= 0.3 is 0 Å². The van der Waals surface area contributed by atoms with Crippen LogP contribution in [0.25, 0.3) is 16.6 Å². The van der Waals surface area contributed by atoms with E-state index in [1.165, 1.54) is 6.20 Å². The fourth-order valence-corrected chi connectivity index (χ4v) is 8.90. The SMILES string of the molecule is O=C1CCC(N2C(=O)c3ccc(N4CCC(O)(CN5CCC(n6cc7cc(NC(=O)c8cnn9cccnc89)c(OCC8CC8)cc7n6)CC5)CC4)cc3C2=O)C(=O)N1. The molecule has 1 aliphatic carbocycles. The monoisotopic (exact) mass is 800 g/mol. The highest BCUT2D eigenvalue weighted by Crippen LogP contribution is 2.37. The van der Waals surface area contributed by atoms with Gasteiger partial charge in [0.15, 0.2) is 5.65 Å². The molecule has 2 aromatic carbocycles. The Kier molecular flexibility index (Phi) is 9.16. The zero-order chi connectivity index (χ0) is 40.4. The van der Waals surface area contributed by atoms with Crippen LogP contribution in [0.2, 0.25) is 0 Å². The number of aromatic nitrogens is 5. The van der Waals surface area contributed by atoms with E-state index in [1.54, 1.807) is 35.1 Å². The number of ether oxygens (including phenoxy) is 1. The number of likely N-dealkylation sites (tertiary alicyclic amines) is 1. The number of nitrogens with one attached hydrogen (secondary N) is 2. The van der Waals surface area contributed by atoms with Crippen LogP contribution in [0.5, 0.6) is 5.75 Å². The normalized spacial score (nSPS) is 21.3. The molecule has 1 unspecified atom stereocenters. The van der Waals surface area contributed by atoms with Crippen LogP contribution >= 0.6 is 0 Å². The maximum Gasteiger partial charge on any atom is 0.262 e. The highest BCUT2D eigenvalue weighted by molar-refractivity contribution is 6.23. The van der Waals surface area contributed by atoms with Gasteiger partial charge in [0, 0.05) is 74.9 Å². The summed E-state index contributed by atoms with van der Waals surface area (Å²) in [6, 6.07) is 9.90. The molecule has 59 heavy (non-hydrogen) atoms. The lowest BCUT2D eigenvalue weighted by atomic mass is 9.89. The Morgan fingerprint density at radius 3 is 2.54 bits per heavy atom. The summed E-state index contributed by atoms with van der Waals surface area (Å²) in [7, 11) is 0. The number of fused-ring (bicyclic) bond motifs is 3. The summed E-state index contributed by atoms with van der Waals surface area (Å²) in [4.78, 5) is 73.8. The average Bonchev–Trinajstić information content (AvgIpc) is 3.72. The first-order valence-corrected chi connectivity index (χ1v) is 20.4. The van der Waals surface area contributed by atoms with E-state index in [1.807, 2.05) is 29.1 Å². The number of carbonyl (C=O) groups excluding carboxylic acids is 5. The Labute approximate surface area is 338 Å². The lowest BCUT2D eigenvalue weighted by molar-refractivity contribution is -0.136. The molecular formula is C42H44N10O7. The molecule has 4 aliphatic heterocycles. The quantitative estimate of drug-likeness (QED) is 0.175. The summed E-state index contributed by atoms with van der Waals surface area (Å²) in [5.41, 5.74) is 2.62. The second-order valence-electron chi connectivity index (χ2n) is 16.6. The topological polar surface area (TPSA) is 197 Å². The maximum atomic E-state index is 13.4. The van der Waals surface area contributed by atoms with Gasteiger partial charge in [0.25, 0.3) is 17.7 Å². The molecule has 1 saturated carbocycles. The number of piperidine rings is 3. The van der Waals surface area contributed by atoms with E-state index in [0.717, 1.165) is 60.3 Å². The third kappa shape index (κ3) is 7.07. The summed E-state index contributed by atoms with van der Waals surface area (Å²) >= 11 is 0. The summed E-state index contributed by atoms with van der Waals surface area (Å²) in [5.74, 6) is -1.32. The first kappa shape index (κ1) is 37.1. The number of hydrogen-bond donors (Lipinski definition) is 3. The smallest absolute Gasteiger partial charge is 0.262 e. The van der Waals surface area contributed by atoms with Crippen molar-refractivity contribution >= 4 is 57.5 Å². The zero-order valence-electron chi connectivity index (χ0n) is 32.4. The van der Waals surface area contributed by atoms with Gasteiger partial charge in [-0.3, -0.25) is 38.9 Å². The molecule has 1 atom stereocenters. The van der Waals surface area contributed by atoms with Gasteiger partial charge in [-0.25, -0.2) is 9.50 Å². The van der Waals surface area contributed by atoms with Crippen LogP contribution in [0.3, 0.4) is 0 Å². The molecule has 5 aliphatic rings. The van der Waals surface area contributed by atoms with Gasteiger partial charge in [0.05, 0.1) is 46.8 Å². The Morgan fingerprint density at radius 1 is 0.966 bits per heavy atom. The van der Waals surface area contributed by atoms with Crippen molar-refractivity contribution in [1.82, 2.24) is 39.5 Å². The van der Waals surface area contributed by atoms with E-state index in [-0.39, 0.29) is 35.9 Å². The largest absolute Gasteiger partial charge is 0.491 e. The number of anilines is 2. The lowest BCUT2D eigenvalue weighted by Gasteiger charge is -2.43. The standard InChI is InChI=1S/C42H44N10O7/c53-36-7-6-34(39(55)46-36)52-40(56)29-5-4-28(19-30(29)41(52)57)49-16-10-42(58,11-17-49)24-48-14-8-27(9-15-48)51-22-26-18-33(35(20-32(26)47-51)59-23-25-2-3-25)45-38(54)31-21-44-50-13-1-12-43-37(31)50/h1,4-5,12-13,18-22,25,27,34,58H,2-3,6-11,14-17,23-24H2,(H,45,54)(H,46,53,55). The molecule has 0 radical (unpaired) electrons. The molecule has 0 spiro atoms. The summed E-state index contributed by atoms with van der Waals surface area (Å²) in [6.07, 6.45) is 12.2. The van der Waals surface area contributed by atoms with Crippen molar-refractivity contribution in [2.75, 3.05) is 49.5 Å². The number of benzene rings is 2. The van der Waals surface area contributed by atoms with E-state index in [2.05, 4.69) is 30.5 Å². The second-order valence-corrected chi connectivity index (χ2v) is 16.6. The van der Waals surface area contributed by atoms with E-state index < -0.39 is 35.3 Å². The number of imide groups is 2. The van der Waals surface area contributed by atoms with Gasteiger partial charge in [-0.1, -0.05) is 0 Å². The van der Waals surface area contributed by atoms with Crippen molar-refractivity contribution in [2.24, 2.45) is 5.92 Å². The van der Waals surface area contributed by atoms with Crippen molar-refractivity contribution in [1.29, 1.82) is 0 Å². The molecule has 17 nitrogen and oxygen atoms in total. The number of hydrogen-bond acceptors (Lipinski definition) is 12. The number of carbonyl (C=O) groups is 5. The van der Waals surface area contributed by atoms with Crippen molar-refractivity contribution in [3.63, 3.8) is 0 Å². The molecule has 5 aromatic rings. The highest BCUT2D eigenvalue weighted by Gasteiger charge is 2.45. The zero-order valence-corrected chi connectivity index (χ0v) is 32.4. The fraction of sp³-hybridized carbons (Fsp3) is 0.429. The average molecular weight is 801 g/mol. The molecule has 7 heterocycles. The minimum atomic E-state index is -1.01. The van der Waals surface area contributed by atoms with Crippen molar-refractivity contribution < 1.29 is 33.8 Å².